The number of hydrogen-bond acceptors (Lipinski definition) is 5. The summed E-state index contributed by atoms with van der Waals surface area (Å²) in [5, 5.41) is 14.7. The molecule has 0 aromatic carbocycles. The fourth-order valence-electron chi connectivity index (χ4n) is 1.91. The molecule has 20 heavy (non-hydrogen) atoms. The first-order valence-electron chi connectivity index (χ1n) is 7.76. The van der Waals surface area contributed by atoms with Crippen molar-refractivity contribution in [1.82, 2.24) is 15.5 Å². The molecule has 1 aromatic rings. The molecular formula is C15H30N4O. The van der Waals surface area contributed by atoms with E-state index >= 15 is 0 Å². The van der Waals surface area contributed by atoms with Crippen LogP contribution < -0.4 is 10.6 Å². The summed E-state index contributed by atoms with van der Waals surface area (Å²) in [5.74, 6) is 1.31. The molecule has 0 aliphatic rings. The van der Waals surface area contributed by atoms with Crippen LogP contribution in [0.3, 0.4) is 0 Å². The zero-order valence-corrected chi connectivity index (χ0v) is 13.6. The Morgan fingerprint density at radius 1 is 1.20 bits per heavy atom. The lowest BCUT2D eigenvalue weighted by molar-refractivity contribution is 0.382. The highest BCUT2D eigenvalue weighted by molar-refractivity contribution is 5.16. The summed E-state index contributed by atoms with van der Waals surface area (Å²) in [6.07, 6.45) is 4.97. The van der Waals surface area contributed by atoms with Crippen molar-refractivity contribution in [1.29, 1.82) is 0 Å². The van der Waals surface area contributed by atoms with E-state index in [1.807, 2.05) is 0 Å². The van der Waals surface area contributed by atoms with Crippen LogP contribution in [-0.4, -0.2) is 22.3 Å². The lowest BCUT2D eigenvalue weighted by Crippen LogP contribution is -2.35. The summed E-state index contributed by atoms with van der Waals surface area (Å²) in [6.45, 7) is 12.3. The van der Waals surface area contributed by atoms with Crippen LogP contribution in [0.4, 0.5) is 6.01 Å². The van der Waals surface area contributed by atoms with Crippen molar-refractivity contribution in [3.8, 4) is 0 Å². The van der Waals surface area contributed by atoms with Crippen LogP contribution in [0.5, 0.6) is 0 Å². The highest BCUT2D eigenvalue weighted by Gasteiger charge is 2.13. The number of rotatable bonds is 9. The average Bonchev–Trinajstić information content (AvgIpc) is 2.84. The molecule has 5 nitrogen and oxygen atoms in total. The van der Waals surface area contributed by atoms with Gasteiger partial charge in [0.25, 0.3) is 0 Å². The minimum atomic E-state index is 0.0511. The summed E-state index contributed by atoms with van der Waals surface area (Å²) in [4.78, 5) is 0. The second-order valence-electron chi connectivity index (χ2n) is 6.40. The molecule has 116 valence electrons. The van der Waals surface area contributed by atoms with Crippen molar-refractivity contribution in [3.05, 3.63) is 5.89 Å². The molecular weight excluding hydrogens is 252 g/mol. The molecule has 0 bridgehead atoms. The second kappa shape index (κ2) is 8.25. The van der Waals surface area contributed by atoms with Crippen LogP contribution in [0.1, 0.15) is 66.2 Å². The third-order valence-electron chi connectivity index (χ3n) is 3.32. The minimum absolute atomic E-state index is 0.0511. The lowest BCUT2D eigenvalue weighted by atomic mass is 10.00. The Morgan fingerprint density at radius 3 is 2.55 bits per heavy atom. The van der Waals surface area contributed by atoms with E-state index < -0.39 is 0 Å². The zero-order chi connectivity index (χ0) is 15.0. The van der Waals surface area contributed by atoms with Gasteiger partial charge in [-0.15, -0.1) is 5.10 Å². The van der Waals surface area contributed by atoms with Crippen molar-refractivity contribution in [2.45, 2.75) is 72.4 Å². The van der Waals surface area contributed by atoms with E-state index in [4.69, 9.17) is 4.42 Å². The Kier molecular flexibility index (Phi) is 6.99. The average molecular weight is 282 g/mol. The number of nitrogens with zero attached hydrogens (tertiary/aromatic N) is 2. The van der Waals surface area contributed by atoms with E-state index in [9.17, 15) is 0 Å². The molecule has 0 spiro atoms. The molecule has 0 fully saturated rings. The van der Waals surface area contributed by atoms with Gasteiger partial charge in [-0.2, -0.15) is 0 Å². The van der Waals surface area contributed by atoms with Gasteiger partial charge in [0.05, 0.1) is 6.54 Å². The van der Waals surface area contributed by atoms with Gasteiger partial charge in [-0.05, 0) is 33.1 Å². The van der Waals surface area contributed by atoms with Crippen LogP contribution in [0.25, 0.3) is 0 Å². The minimum Gasteiger partial charge on any atom is -0.407 e. The molecule has 2 N–H and O–H groups in total. The van der Waals surface area contributed by atoms with Gasteiger partial charge in [-0.1, -0.05) is 38.2 Å². The van der Waals surface area contributed by atoms with E-state index in [2.05, 4.69) is 55.4 Å². The summed E-state index contributed by atoms with van der Waals surface area (Å²) >= 11 is 0. The quantitative estimate of drug-likeness (QED) is 0.724. The fourth-order valence-corrected chi connectivity index (χ4v) is 1.91. The van der Waals surface area contributed by atoms with Crippen LogP contribution in [0.15, 0.2) is 4.42 Å². The highest BCUT2D eigenvalue weighted by Crippen LogP contribution is 2.14. The Balaban J connectivity index is 2.35. The van der Waals surface area contributed by atoms with Gasteiger partial charge < -0.3 is 15.1 Å². The molecule has 1 atom stereocenters. The Hall–Kier alpha value is -1.10. The van der Waals surface area contributed by atoms with E-state index in [0.717, 1.165) is 6.54 Å². The smallest absolute Gasteiger partial charge is 0.315 e. The molecule has 1 heterocycles. The van der Waals surface area contributed by atoms with Crippen molar-refractivity contribution in [2.75, 3.05) is 11.9 Å². The van der Waals surface area contributed by atoms with Crippen molar-refractivity contribution >= 4 is 6.01 Å². The molecule has 0 aliphatic carbocycles. The van der Waals surface area contributed by atoms with Crippen LogP contribution >= 0.6 is 0 Å². The molecule has 1 unspecified atom stereocenters. The van der Waals surface area contributed by atoms with Gasteiger partial charge in [-0.3, -0.25) is 0 Å². The number of anilines is 1. The first-order chi connectivity index (χ1) is 9.44. The SMILES string of the molecule is CCCCC(CC)CNc1nnc(CNC(C)(C)C)o1. The van der Waals surface area contributed by atoms with Crippen molar-refractivity contribution in [3.63, 3.8) is 0 Å². The maximum atomic E-state index is 5.58. The molecule has 1 rings (SSSR count). The first-order valence-corrected chi connectivity index (χ1v) is 7.76. The maximum Gasteiger partial charge on any atom is 0.315 e. The molecule has 0 radical (unpaired) electrons. The summed E-state index contributed by atoms with van der Waals surface area (Å²) in [5.41, 5.74) is 0.0511. The Labute approximate surface area is 122 Å². The molecule has 0 saturated carbocycles. The second-order valence-corrected chi connectivity index (χ2v) is 6.40. The monoisotopic (exact) mass is 282 g/mol. The van der Waals surface area contributed by atoms with Gasteiger partial charge >= 0.3 is 6.01 Å². The topological polar surface area (TPSA) is 63.0 Å². The Bertz CT molecular complexity index is 370. The number of aromatic nitrogens is 2. The van der Waals surface area contributed by atoms with Gasteiger partial charge in [0.15, 0.2) is 0 Å². The highest BCUT2D eigenvalue weighted by atomic mass is 16.4. The van der Waals surface area contributed by atoms with Gasteiger partial charge in [0.1, 0.15) is 0 Å². The standard InChI is InChI=1S/C15H30N4O/c1-6-8-9-12(7-2)10-16-14-19-18-13(20-14)11-17-15(3,4)5/h12,17H,6-11H2,1-5H3,(H,16,19). The van der Waals surface area contributed by atoms with E-state index in [1.54, 1.807) is 0 Å². The van der Waals surface area contributed by atoms with Gasteiger partial charge in [0, 0.05) is 12.1 Å². The third kappa shape index (κ3) is 6.89. The molecule has 0 amide bonds. The van der Waals surface area contributed by atoms with E-state index in [-0.39, 0.29) is 5.54 Å². The normalized spacial score (nSPS) is 13.4. The summed E-state index contributed by atoms with van der Waals surface area (Å²) in [6, 6.07) is 0.533. The number of nitrogens with one attached hydrogen (secondary N) is 2. The molecule has 0 saturated heterocycles. The fraction of sp³-hybridized carbons (Fsp3) is 0.867. The first kappa shape index (κ1) is 17.0. The summed E-state index contributed by atoms with van der Waals surface area (Å²) in [7, 11) is 0. The van der Waals surface area contributed by atoms with E-state index in [0.29, 0.717) is 24.4 Å². The van der Waals surface area contributed by atoms with Crippen LogP contribution in [0.2, 0.25) is 0 Å². The largest absolute Gasteiger partial charge is 0.407 e. The predicted molar refractivity (Wildman–Crippen MR) is 82.7 cm³/mol. The zero-order valence-electron chi connectivity index (χ0n) is 13.6. The molecule has 5 heteroatoms. The van der Waals surface area contributed by atoms with Crippen LogP contribution in [0, 0.1) is 5.92 Å². The molecule has 0 aliphatic heterocycles. The van der Waals surface area contributed by atoms with Crippen LogP contribution in [-0.2, 0) is 6.54 Å². The van der Waals surface area contributed by atoms with Gasteiger partial charge in [-0.25, -0.2) is 0 Å². The maximum absolute atomic E-state index is 5.58. The van der Waals surface area contributed by atoms with Crippen molar-refractivity contribution < 1.29 is 4.42 Å². The lowest BCUT2D eigenvalue weighted by Gasteiger charge is -2.18. The predicted octanol–water partition coefficient (Wildman–Crippen LogP) is 3.59. The summed E-state index contributed by atoms with van der Waals surface area (Å²) < 4.78 is 5.58. The Morgan fingerprint density at radius 2 is 1.95 bits per heavy atom. The van der Waals surface area contributed by atoms with Gasteiger partial charge in [0.2, 0.25) is 5.89 Å². The number of hydrogen-bond donors (Lipinski definition) is 2. The number of unbranched alkanes of at least 4 members (excludes halogenated alkanes) is 1. The van der Waals surface area contributed by atoms with Crippen molar-refractivity contribution in [2.24, 2.45) is 5.92 Å². The third-order valence-corrected chi connectivity index (χ3v) is 3.32. The molecule has 1 aromatic heterocycles. The van der Waals surface area contributed by atoms with E-state index in [1.165, 1.54) is 25.7 Å².